The molecular formula is C21H17F3N2O3S. The smallest absolute Gasteiger partial charge is 0.416 e. The van der Waals surface area contributed by atoms with Crippen molar-refractivity contribution >= 4 is 40.2 Å². The predicted octanol–water partition coefficient (Wildman–Crippen LogP) is 5.13. The first-order valence-electron chi connectivity index (χ1n) is 9.17. The molecule has 2 aromatic carbocycles. The van der Waals surface area contributed by atoms with Gasteiger partial charge in [-0.2, -0.15) is 13.2 Å². The lowest BCUT2D eigenvalue weighted by Gasteiger charge is -2.25. The zero-order valence-electron chi connectivity index (χ0n) is 15.7. The van der Waals surface area contributed by atoms with Crippen molar-refractivity contribution in [3.05, 3.63) is 59.9 Å². The van der Waals surface area contributed by atoms with Crippen molar-refractivity contribution in [3.8, 4) is 0 Å². The summed E-state index contributed by atoms with van der Waals surface area (Å²) in [6.07, 6.45) is -4.60. The Bertz CT molecular complexity index is 1090. The normalized spacial score (nSPS) is 17.3. The van der Waals surface area contributed by atoms with Crippen LogP contribution in [0.2, 0.25) is 0 Å². The third-order valence-corrected chi connectivity index (χ3v) is 6.02. The molecular weight excluding hydrogens is 417 g/mol. The molecule has 0 radical (unpaired) electrons. The van der Waals surface area contributed by atoms with Crippen LogP contribution in [0, 0.1) is 0 Å². The van der Waals surface area contributed by atoms with Crippen LogP contribution in [0.15, 0.2) is 57.8 Å². The lowest BCUT2D eigenvalue weighted by Crippen LogP contribution is -2.35. The lowest BCUT2D eigenvalue weighted by atomic mass is 10.1. The number of para-hydroxylation sites is 1. The Balaban J connectivity index is 1.41. The van der Waals surface area contributed by atoms with Crippen molar-refractivity contribution in [2.75, 3.05) is 5.32 Å². The van der Waals surface area contributed by atoms with Gasteiger partial charge in [-0.1, -0.05) is 18.2 Å². The number of carbonyl (C=O) groups is 2. The summed E-state index contributed by atoms with van der Waals surface area (Å²) >= 11 is 1.08. The van der Waals surface area contributed by atoms with Crippen molar-refractivity contribution in [1.82, 2.24) is 5.32 Å². The average Bonchev–Trinajstić information content (AvgIpc) is 3.12. The minimum Gasteiger partial charge on any atom is -0.459 e. The maximum atomic E-state index is 12.9. The SMILES string of the molecule is C[C@@H](NC(=O)C[C@H]1Sc2ccc(C(F)(F)F)cc2NC1=O)c1cc2ccccc2o1. The molecule has 0 saturated carbocycles. The van der Waals surface area contributed by atoms with Gasteiger partial charge < -0.3 is 15.1 Å². The predicted molar refractivity (Wildman–Crippen MR) is 107 cm³/mol. The van der Waals surface area contributed by atoms with Crippen LogP contribution in [0.3, 0.4) is 0 Å². The highest BCUT2D eigenvalue weighted by Crippen LogP contribution is 2.40. The average molecular weight is 434 g/mol. The highest BCUT2D eigenvalue weighted by atomic mass is 32.2. The molecule has 156 valence electrons. The standard InChI is InChI=1S/C21H17F3N2O3S/c1-11(16-8-12-4-2-3-5-15(12)29-16)25-19(27)10-18-20(28)26-14-9-13(21(22,23)24)6-7-17(14)30-18/h2-9,11,18H,10H2,1H3,(H,25,27)(H,26,28)/t11-,18-/m1/s1. The van der Waals surface area contributed by atoms with E-state index in [1.165, 1.54) is 6.07 Å². The second kappa shape index (κ2) is 7.71. The Morgan fingerprint density at radius 3 is 2.73 bits per heavy atom. The summed E-state index contributed by atoms with van der Waals surface area (Å²) in [5.74, 6) is -0.264. The van der Waals surface area contributed by atoms with Gasteiger partial charge in [0.1, 0.15) is 11.3 Å². The van der Waals surface area contributed by atoms with Gasteiger partial charge in [-0.15, -0.1) is 11.8 Å². The van der Waals surface area contributed by atoms with Gasteiger partial charge in [0, 0.05) is 16.7 Å². The Morgan fingerprint density at radius 2 is 2.00 bits per heavy atom. The number of nitrogens with one attached hydrogen (secondary N) is 2. The van der Waals surface area contributed by atoms with Crippen molar-refractivity contribution < 1.29 is 27.2 Å². The largest absolute Gasteiger partial charge is 0.459 e. The molecule has 2 N–H and O–H groups in total. The van der Waals surface area contributed by atoms with E-state index in [0.29, 0.717) is 16.2 Å². The molecule has 2 atom stereocenters. The van der Waals surface area contributed by atoms with Crippen LogP contribution >= 0.6 is 11.8 Å². The number of alkyl halides is 3. The quantitative estimate of drug-likeness (QED) is 0.597. The molecule has 1 aliphatic rings. The molecule has 9 heteroatoms. The molecule has 0 spiro atoms. The van der Waals surface area contributed by atoms with Crippen molar-refractivity contribution in [2.45, 2.75) is 35.7 Å². The maximum absolute atomic E-state index is 12.9. The Morgan fingerprint density at radius 1 is 1.23 bits per heavy atom. The number of amides is 2. The van der Waals surface area contributed by atoms with Crippen molar-refractivity contribution in [1.29, 1.82) is 0 Å². The molecule has 0 unspecified atom stereocenters. The minimum atomic E-state index is -4.49. The molecule has 30 heavy (non-hydrogen) atoms. The first-order valence-corrected chi connectivity index (χ1v) is 10.1. The number of rotatable bonds is 4. The molecule has 1 aromatic heterocycles. The molecule has 2 heterocycles. The number of furan rings is 1. The van der Waals surface area contributed by atoms with E-state index in [1.54, 1.807) is 6.92 Å². The van der Waals surface area contributed by atoms with Crippen LogP contribution in [0.5, 0.6) is 0 Å². The summed E-state index contributed by atoms with van der Waals surface area (Å²) in [4.78, 5) is 25.3. The van der Waals surface area contributed by atoms with Gasteiger partial charge in [0.05, 0.1) is 22.5 Å². The monoisotopic (exact) mass is 434 g/mol. The van der Waals surface area contributed by atoms with Gasteiger partial charge in [-0.05, 0) is 37.3 Å². The molecule has 2 amide bonds. The molecule has 0 bridgehead atoms. The fourth-order valence-corrected chi connectivity index (χ4v) is 4.31. The molecule has 1 aliphatic heterocycles. The van der Waals surface area contributed by atoms with Crippen LogP contribution in [0.4, 0.5) is 18.9 Å². The third-order valence-electron chi connectivity index (χ3n) is 4.75. The first-order chi connectivity index (χ1) is 14.2. The maximum Gasteiger partial charge on any atom is 0.416 e. The van der Waals surface area contributed by atoms with Gasteiger partial charge in [0.25, 0.3) is 0 Å². The fourth-order valence-electron chi connectivity index (χ4n) is 3.22. The van der Waals surface area contributed by atoms with E-state index in [2.05, 4.69) is 10.6 Å². The van der Waals surface area contributed by atoms with Gasteiger partial charge in [0.2, 0.25) is 11.8 Å². The Kier molecular flexibility index (Phi) is 5.23. The van der Waals surface area contributed by atoms with Gasteiger partial charge in [-0.3, -0.25) is 9.59 Å². The molecule has 0 fully saturated rings. The number of fused-ring (bicyclic) bond motifs is 2. The van der Waals surface area contributed by atoms with Gasteiger partial charge in [-0.25, -0.2) is 0 Å². The summed E-state index contributed by atoms with van der Waals surface area (Å²) in [6, 6.07) is 12.1. The van der Waals surface area contributed by atoms with E-state index >= 15 is 0 Å². The van der Waals surface area contributed by atoms with E-state index in [1.807, 2.05) is 30.3 Å². The molecule has 4 rings (SSSR count). The number of hydrogen-bond donors (Lipinski definition) is 2. The zero-order chi connectivity index (χ0) is 21.5. The molecule has 0 aliphatic carbocycles. The van der Waals surface area contributed by atoms with E-state index < -0.39 is 28.9 Å². The Hall–Kier alpha value is -2.94. The lowest BCUT2D eigenvalue weighted by molar-refractivity contribution is -0.137. The summed E-state index contributed by atoms with van der Waals surface area (Å²) in [5, 5.41) is 5.46. The van der Waals surface area contributed by atoms with E-state index in [0.717, 1.165) is 29.3 Å². The van der Waals surface area contributed by atoms with E-state index in [4.69, 9.17) is 4.42 Å². The summed E-state index contributed by atoms with van der Waals surface area (Å²) < 4.78 is 44.3. The summed E-state index contributed by atoms with van der Waals surface area (Å²) in [5.41, 5.74) is -0.0178. The highest BCUT2D eigenvalue weighted by molar-refractivity contribution is 8.01. The number of thioether (sulfide) groups is 1. The Labute approximate surface area is 174 Å². The summed E-state index contributed by atoms with van der Waals surface area (Å²) in [6.45, 7) is 1.78. The van der Waals surface area contributed by atoms with Crippen LogP contribution in [0.25, 0.3) is 11.0 Å². The minimum absolute atomic E-state index is 0.104. The second-order valence-electron chi connectivity index (χ2n) is 6.98. The fraction of sp³-hybridized carbons (Fsp3) is 0.238. The van der Waals surface area contributed by atoms with Crippen molar-refractivity contribution in [3.63, 3.8) is 0 Å². The first kappa shape index (κ1) is 20.3. The summed E-state index contributed by atoms with van der Waals surface area (Å²) in [7, 11) is 0. The van der Waals surface area contributed by atoms with Crippen LogP contribution in [-0.2, 0) is 15.8 Å². The third kappa shape index (κ3) is 4.16. The topological polar surface area (TPSA) is 71.3 Å². The number of benzene rings is 2. The number of halogens is 3. The van der Waals surface area contributed by atoms with E-state index in [9.17, 15) is 22.8 Å². The van der Waals surface area contributed by atoms with E-state index in [-0.39, 0.29) is 18.0 Å². The highest BCUT2D eigenvalue weighted by Gasteiger charge is 2.34. The van der Waals surface area contributed by atoms with Crippen molar-refractivity contribution in [2.24, 2.45) is 0 Å². The molecule has 5 nitrogen and oxygen atoms in total. The number of hydrogen-bond acceptors (Lipinski definition) is 4. The number of anilines is 1. The number of carbonyl (C=O) groups excluding carboxylic acids is 2. The molecule has 0 saturated heterocycles. The second-order valence-corrected chi connectivity index (χ2v) is 8.23. The van der Waals surface area contributed by atoms with Crippen LogP contribution in [-0.4, -0.2) is 17.1 Å². The van der Waals surface area contributed by atoms with Gasteiger partial charge >= 0.3 is 6.18 Å². The van der Waals surface area contributed by atoms with Gasteiger partial charge in [0.15, 0.2) is 0 Å². The zero-order valence-corrected chi connectivity index (χ0v) is 16.6. The van der Waals surface area contributed by atoms with Crippen LogP contribution < -0.4 is 10.6 Å². The molecule has 3 aromatic rings. The van der Waals surface area contributed by atoms with Crippen LogP contribution in [0.1, 0.15) is 30.7 Å².